The molecule has 0 radical (unpaired) electrons. The van der Waals surface area contributed by atoms with Crippen LogP contribution in [0.15, 0.2) is 61.4 Å². The maximum absolute atomic E-state index is 12.3. The fourth-order valence-electron chi connectivity index (χ4n) is 2.15. The Hall–Kier alpha value is -2.73. The summed E-state index contributed by atoms with van der Waals surface area (Å²) in [5.41, 5.74) is 1.52. The number of rotatable bonds is 2. The van der Waals surface area contributed by atoms with Crippen molar-refractivity contribution in [3.63, 3.8) is 0 Å². The number of thiazole rings is 1. The van der Waals surface area contributed by atoms with E-state index in [-0.39, 0.29) is 5.91 Å². The lowest BCUT2D eigenvalue weighted by Crippen LogP contribution is -2.09. The van der Waals surface area contributed by atoms with Crippen LogP contribution in [0, 0.1) is 0 Å². The highest BCUT2D eigenvalue weighted by Crippen LogP contribution is 2.26. The van der Waals surface area contributed by atoms with Gasteiger partial charge in [0.2, 0.25) is 0 Å². The van der Waals surface area contributed by atoms with E-state index in [0.717, 1.165) is 15.3 Å². The summed E-state index contributed by atoms with van der Waals surface area (Å²) in [5.74, 6) is -0.0923. The van der Waals surface area contributed by atoms with E-state index in [1.165, 1.54) is 10.9 Å². The molecule has 0 fully saturated rings. The van der Waals surface area contributed by atoms with Crippen LogP contribution >= 0.6 is 11.3 Å². The lowest BCUT2D eigenvalue weighted by molar-refractivity contribution is 0.0960. The van der Waals surface area contributed by atoms with E-state index in [2.05, 4.69) is 9.97 Å². The molecule has 3 aromatic heterocycles. The topological polar surface area (TPSA) is 52.7 Å². The van der Waals surface area contributed by atoms with Crippen molar-refractivity contribution in [3.05, 3.63) is 67.0 Å². The van der Waals surface area contributed by atoms with Gasteiger partial charge < -0.3 is 4.57 Å². The Balaban J connectivity index is 1.78. The van der Waals surface area contributed by atoms with E-state index in [4.69, 9.17) is 0 Å². The third-order valence-corrected chi connectivity index (χ3v) is 4.22. The number of imidazole rings is 1. The number of aromatic nitrogens is 4. The minimum atomic E-state index is -0.0923. The van der Waals surface area contributed by atoms with Crippen molar-refractivity contribution in [2.24, 2.45) is 0 Å². The zero-order chi connectivity index (χ0) is 14.2. The molecule has 0 aliphatic rings. The van der Waals surface area contributed by atoms with Crippen LogP contribution in [0.5, 0.6) is 0 Å². The molecule has 4 aromatic rings. The molecule has 21 heavy (non-hydrogen) atoms. The highest BCUT2D eigenvalue weighted by Gasteiger charge is 2.11. The fourth-order valence-corrected chi connectivity index (χ4v) is 3.12. The zero-order valence-corrected chi connectivity index (χ0v) is 11.7. The fraction of sp³-hybridized carbons (Fsp3) is 0. The van der Waals surface area contributed by atoms with Crippen LogP contribution in [0.2, 0.25) is 0 Å². The van der Waals surface area contributed by atoms with Gasteiger partial charge in [0.15, 0.2) is 5.13 Å². The summed E-state index contributed by atoms with van der Waals surface area (Å²) < 4.78 is 4.42. The Morgan fingerprint density at radius 3 is 2.76 bits per heavy atom. The number of hydrogen-bond acceptors (Lipinski definition) is 4. The Bertz CT molecular complexity index is 907. The Morgan fingerprint density at radius 1 is 1.14 bits per heavy atom. The first-order chi connectivity index (χ1) is 10.3. The molecule has 0 atom stereocenters. The summed E-state index contributed by atoms with van der Waals surface area (Å²) in [6.07, 6.45) is 8.65. The minimum absolute atomic E-state index is 0.0923. The highest BCUT2D eigenvalue weighted by atomic mass is 32.1. The van der Waals surface area contributed by atoms with Gasteiger partial charge in [-0.2, -0.15) is 0 Å². The second kappa shape index (κ2) is 4.68. The average molecular weight is 294 g/mol. The number of benzene rings is 1. The van der Waals surface area contributed by atoms with Crippen molar-refractivity contribution in [1.29, 1.82) is 0 Å². The second-order valence-corrected chi connectivity index (χ2v) is 5.55. The van der Waals surface area contributed by atoms with E-state index in [9.17, 15) is 4.79 Å². The first kappa shape index (κ1) is 12.0. The lowest BCUT2D eigenvalue weighted by Gasteiger charge is -2.00. The molecule has 0 amide bonds. The van der Waals surface area contributed by atoms with Crippen LogP contribution in [0.4, 0.5) is 0 Å². The molecule has 0 saturated heterocycles. The molecule has 4 rings (SSSR count). The summed E-state index contributed by atoms with van der Waals surface area (Å²) in [6, 6.07) is 9.47. The maximum Gasteiger partial charge on any atom is 0.263 e. The van der Waals surface area contributed by atoms with Crippen LogP contribution in [-0.2, 0) is 0 Å². The van der Waals surface area contributed by atoms with Gasteiger partial charge in [0, 0.05) is 30.4 Å². The van der Waals surface area contributed by atoms with Gasteiger partial charge in [-0.05, 0) is 30.3 Å². The molecule has 3 heterocycles. The number of hydrogen-bond donors (Lipinski definition) is 0. The summed E-state index contributed by atoms with van der Waals surface area (Å²) in [6.45, 7) is 0. The molecule has 102 valence electrons. The molecule has 5 nitrogen and oxygen atoms in total. The summed E-state index contributed by atoms with van der Waals surface area (Å²) in [4.78, 5) is 20.8. The predicted molar refractivity (Wildman–Crippen MR) is 80.9 cm³/mol. The van der Waals surface area contributed by atoms with Crippen molar-refractivity contribution in [1.82, 2.24) is 19.1 Å². The molecular formula is C15H10N4OS. The molecular weight excluding hydrogens is 284 g/mol. The first-order valence-electron chi connectivity index (χ1n) is 6.38. The van der Waals surface area contributed by atoms with Crippen LogP contribution in [0.1, 0.15) is 10.4 Å². The van der Waals surface area contributed by atoms with Gasteiger partial charge in [0.1, 0.15) is 6.33 Å². The predicted octanol–water partition coefficient (Wildman–Crippen LogP) is 2.97. The smallest absolute Gasteiger partial charge is 0.263 e. The van der Waals surface area contributed by atoms with Crippen molar-refractivity contribution in [2.45, 2.75) is 0 Å². The normalized spacial score (nSPS) is 11.0. The average Bonchev–Trinajstić information content (AvgIpc) is 3.24. The molecule has 6 heteroatoms. The quantitative estimate of drug-likeness (QED) is 0.571. The highest BCUT2D eigenvalue weighted by molar-refractivity contribution is 7.20. The van der Waals surface area contributed by atoms with Crippen molar-refractivity contribution >= 4 is 27.5 Å². The van der Waals surface area contributed by atoms with E-state index in [0.29, 0.717) is 5.56 Å². The molecule has 0 aliphatic heterocycles. The summed E-state index contributed by atoms with van der Waals surface area (Å²) >= 11 is 1.56. The van der Waals surface area contributed by atoms with Gasteiger partial charge >= 0.3 is 0 Å². The van der Waals surface area contributed by atoms with Gasteiger partial charge in [-0.25, -0.2) is 9.97 Å². The zero-order valence-electron chi connectivity index (χ0n) is 10.9. The van der Waals surface area contributed by atoms with Crippen LogP contribution in [0.3, 0.4) is 0 Å². The SMILES string of the molecule is O=C(c1ccc2nc(-n3cccc3)sc2c1)n1ccnc1. The third kappa shape index (κ3) is 2.05. The van der Waals surface area contributed by atoms with Gasteiger partial charge in [-0.1, -0.05) is 11.3 Å². The Morgan fingerprint density at radius 2 is 2.00 bits per heavy atom. The van der Waals surface area contributed by atoms with Gasteiger partial charge in [0.05, 0.1) is 10.2 Å². The maximum atomic E-state index is 12.3. The Kier molecular flexibility index (Phi) is 2.68. The second-order valence-electron chi connectivity index (χ2n) is 4.54. The van der Waals surface area contributed by atoms with E-state index in [1.54, 1.807) is 29.8 Å². The largest absolute Gasteiger partial charge is 0.300 e. The molecule has 1 aromatic carbocycles. The molecule has 0 aliphatic carbocycles. The number of nitrogens with zero attached hydrogens (tertiary/aromatic N) is 4. The van der Waals surface area contributed by atoms with E-state index < -0.39 is 0 Å². The van der Waals surface area contributed by atoms with Crippen molar-refractivity contribution in [3.8, 4) is 5.13 Å². The molecule has 0 N–H and O–H groups in total. The third-order valence-electron chi connectivity index (χ3n) is 3.19. The molecule has 0 saturated carbocycles. The Labute approximate surface area is 124 Å². The molecule has 0 spiro atoms. The number of fused-ring (bicyclic) bond motifs is 1. The van der Waals surface area contributed by atoms with E-state index >= 15 is 0 Å². The standard InChI is InChI=1S/C15H10N4OS/c20-14(19-8-5-16-10-19)11-3-4-12-13(9-11)21-15(17-12)18-6-1-2-7-18/h1-10H. The summed E-state index contributed by atoms with van der Waals surface area (Å²) in [7, 11) is 0. The molecule has 0 unspecified atom stereocenters. The number of carbonyl (C=O) groups excluding carboxylic acids is 1. The van der Waals surface area contributed by atoms with E-state index in [1.807, 2.05) is 41.2 Å². The van der Waals surface area contributed by atoms with Gasteiger partial charge in [-0.3, -0.25) is 9.36 Å². The number of carbonyl (C=O) groups is 1. The van der Waals surface area contributed by atoms with Gasteiger partial charge in [-0.15, -0.1) is 0 Å². The lowest BCUT2D eigenvalue weighted by atomic mass is 10.2. The van der Waals surface area contributed by atoms with Gasteiger partial charge in [0.25, 0.3) is 5.91 Å². The molecule has 0 bridgehead atoms. The minimum Gasteiger partial charge on any atom is -0.300 e. The van der Waals surface area contributed by atoms with Crippen LogP contribution in [0.25, 0.3) is 15.3 Å². The summed E-state index contributed by atoms with van der Waals surface area (Å²) in [5, 5.41) is 0.891. The van der Waals surface area contributed by atoms with Crippen LogP contribution < -0.4 is 0 Å². The van der Waals surface area contributed by atoms with Crippen molar-refractivity contribution < 1.29 is 4.79 Å². The van der Waals surface area contributed by atoms with Crippen LogP contribution in [-0.4, -0.2) is 25.0 Å². The monoisotopic (exact) mass is 294 g/mol. The first-order valence-corrected chi connectivity index (χ1v) is 7.19. The van der Waals surface area contributed by atoms with Crippen molar-refractivity contribution in [2.75, 3.05) is 0 Å².